The van der Waals surface area contributed by atoms with Crippen LogP contribution in [0.5, 0.6) is 0 Å². The highest BCUT2D eigenvalue weighted by atomic mass is 35.5. The lowest BCUT2D eigenvalue weighted by molar-refractivity contribution is -0.139. The van der Waals surface area contributed by atoms with Crippen molar-refractivity contribution in [1.29, 1.82) is 0 Å². The topological polar surface area (TPSA) is 49.4 Å². The number of rotatable bonds is 9. The summed E-state index contributed by atoms with van der Waals surface area (Å²) in [6.07, 6.45) is 0.453. The van der Waals surface area contributed by atoms with Crippen LogP contribution in [-0.2, 0) is 21.9 Å². The van der Waals surface area contributed by atoms with E-state index in [0.717, 1.165) is 0 Å². The Morgan fingerprint density at radius 1 is 1.17 bits per heavy atom. The molecule has 1 N–H and O–H groups in total. The standard InChI is InChI=1S/C21H23Cl2FN2O2S/c1-3-19(21(28)25-2)26(11-14-8-9-16(22)10-17(14)23)20(27)13-29-12-15-6-4-5-7-18(15)24/h4-10,19H,3,11-13H2,1-2H3,(H,25,28). The van der Waals surface area contributed by atoms with Gasteiger partial charge in [0.05, 0.1) is 5.75 Å². The first kappa shape index (κ1) is 23.5. The average Bonchev–Trinajstić information content (AvgIpc) is 2.70. The Morgan fingerprint density at radius 3 is 2.52 bits per heavy atom. The van der Waals surface area contributed by atoms with Crippen LogP contribution in [0.2, 0.25) is 10.0 Å². The summed E-state index contributed by atoms with van der Waals surface area (Å²) in [4.78, 5) is 26.8. The van der Waals surface area contributed by atoms with Crippen LogP contribution in [-0.4, -0.2) is 35.6 Å². The number of likely N-dealkylation sites (N-methyl/N-ethyl adjacent to an activating group) is 1. The molecule has 0 spiro atoms. The van der Waals surface area contributed by atoms with Crippen molar-refractivity contribution in [2.45, 2.75) is 31.7 Å². The van der Waals surface area contributed by atoms with Crippen LogP contribution in [0.15, 0.2) is 42.5 Å². The first-order valence-electron chi connectivity index (χ1n) is 9.13. The largest absolute Gasteiger partial charge is 0.357 e. The molecule has 0 bridgehead atoms. The van der Waals surface area contributed by atoms with Gasteiger partial charge in [-0.15, -0.1) is 11.8 Å². The van der Waals surface area contributed by atoms with Gasteiger partial charge in [-0.25, -0.2) is 4.39 Å². The molecule has 8 heteroatoms. The monoisotopic (exact) mass is 456 g/mol. The Balaban J connectivity index is 2.15. The molecule has 0 aliphatic carbocycles. The van der Waals surface area contributed by atoms with E-state index in [0.29, 0.717) is 33.3 Å². The highest BCUT2D eigenvalue weighted by molar-refractivity contribution is 7.99. The highest BCUT2D eigenvalue weighted by Gasteiger charge is 2.28. The summed E-state index contributed by atoms with van der Waals surface area (Å²) in [7, 11) is 1.54. The lowest BCUT2D eigenvalue weighted by atomic mass is 10.1. The third-order valence-electron chi connectivity index (χ3n) is 4.43. The van der Waals surface area contributed by atoms with Gasteiger partial charge in [0.25, 0.3) is 0 Å². The molecule has 0 aliphatic rings. The maximum absolute atomic E-state index is 13.8. The van der Waals surface area contributed by atoms with E-state index in [2.05, 4.69) is 5.32 Å². The molecule has 2 aromatic rings. The van der Waals surface area contributed by atoms with Crippen molar-refractivity contribution in [1.82, 2.24) is 10.2 Å². The van der Waals surface area contributed by atoms with Gasteiger partial charge >= 0.3 is 0 Å². The van der Waals surface area contributed by atoms with Crippen molar-refractivity contribution in [3.63, 3.8) is 0 Å². The fraction of sp³-hybridized carbons (Fsp3) is 0.333. The zero-order valence-electron chi connectivity index (χ0n) is 16.3. The summed E-state index contributed by atoms with van der Waals surface area (Å²) < 4.78 is 13.8. The Morgan fingerprint density at radius 2 is 1.90 bits per heavy atom. The minimum atomic E-state index is -0.631. The lowest BCUT2D eigenvalue weighted by Gasteiger charge is -2.30. The smallest absolute Gasteiger partial charge is 0.242 e. The number of nitrogens with one attached hydrogen (secondary N) is 1. The molecule has 4 nitrogen and oxygen atoms in total. The molecule has 0 fully saturated rings. The van der Waals surface area contributed by atoms with Gasteiger partial charge in [-0.3, -0.25) is 9.59 Å². The molecule has 1 atom stereocenters. The summed E-state index contributed by atoms with van der Waals surface area (Å²) in [5.74, 6) is -0.274. The van der Waals surface area contributed by atoms with Crippen LogP contribution >= 0.6 is 35.0 Å². The van der Waals surface area contributed by atoms with E-state index in [4.69, 9.17) is 23.2 Å². The fourth-order valence-corrected chi connectivity index (χ4v) is 4.23. The van der Waals surface area contributed by atoms with E-state index >= 15 is 0 Å². The second kappa shape index (κ2) is 11.4. The van der Waals surface area contributed by atoms with Crippen molar-refractivity contribution in [2.24, 2.45) is 0 Å². The summed E-state index contributed by atoms with van der Waals surface area (Å²) in [6, 6.07) is 10.9. The number of carbonyl (C=O) groups excluding carboxylic acids is 2. The minimum Gasteiger partial charge on any atom is -0.357 e. The summed E-state index contributed by atoms with van der Waals surface area (Å²) in [5.41, 5.74) is 1.24. The van der Waals surface area contributed by atoms with E-state index in [-0.39, 0.29) is 29.9 Å². The maximum Gasteiger partial charge on any atom is 0.242 e. The Hall–Kier alpha value is -1.76. The fourth-order valence-electron chi connectivity index (χ4n) is 2.87. The predicted octanol–water partition coefficient (Wildman–Crippen LogP) is 4.92. The zero-order valence-corrected chi connectivity index (χ0v) is 18.6. The molecule has 2 amide bonds. The van der Waals surface area contributed by atoms with Crippen molar-refractivity contribution in [2.75, 3.05) is 12.8 Å². The second-order valence-corrected chi connectivity index (χ2v) is 8.21. The van der Waals surface area contributed by atoms with Gasteiger partial charge in [-0.05, 0) is 35.7 Å². The third-order valence-corrected chi connectivity index (χ3v) is 5.98. The molecule has 1 unspecified atom stereocenters. The van der Waals surface area contributed by atoms with Crippen molar-refractivity contribution < 1.29 is 14.0 Å². The zero-order chi connectivity index (χ0) is 21.4. The molecule has 156 valence electrons. The maximum atomic E-state index is 13.8. The van der Waals surface area contributed by atoms with Gasteiger partial charge in [0.15, 0.2) is 0 Å². The first-order valence-corrected chi connectivity index (χ1v) is 11.0. The summed E-state index contributed by atoms with van der Waals surface area (Å²) >= 11 is 13.5. The van der Waals surface area contributed by atoms with E-state index < -0.39 is 6.04 Å². The minimum absolute atomic E-state index is 0.118. The predicted molar refractivity (Wildman–Crippen MR) is 118 cm³/mol. The lowest BCUT2D eigenvalue weighted by Crippen LogP contribution is -2.48. The van der Waals surface area contributed by atoms with Crippen LogP contribution in [0, 0.1) is 5.82 Å². The van der Waals surface area contributed by atoms with Crippen LogP contribution in [0.4, 0.5) is 4.39 Å². The molecule has 0 aromatic heterocycles. The van der Waals surface area contributed by atoms with Crippen LogP contribution in [0.25, 0.3) is 0 Å². The van der Waals surface area contributed by atoms with Gasteiger partial charge in [-0.1, -0.05) is 54.4 Å². The first-order chi connectivity index (χ1) is 13.9. The van der Waals surface area contributed by atoms with Crippen molar-refractivity contribution in [3.8, 4) is 0 Å². The number of hydrogen-bond acceptors (Lipinski definition) is 3. The normalized spacial score (nSPS) is 11.8. The number of hydrogen-bond donors (Lipinski definition) is 1. The summed E-state index contributed by atoms with van der Waals surface area (Å²) in [5, 5.41) is 3.53. The molecular formula is C21H23Cl2FN2O2S. The molecule has 0 radical (unpaired) electrons. The third kappa shape index (κ3) is 6.63. The molecule has 2 rings (SSSR count). The number of halogens is 3. The van der Waals surface area contributed by atoms with Crippen LogP contribution in [0.3, 0.4) is 0 Å². The SMILES string of the molecule is CCC(C(=O)NC)N(Cc1ccc(Cl)cc1Cl)C(=O)CSCc1ccccc1F. The molecule has 29 heavy (non-hydrogen) atoms. The van der Waals surface area contributed by atoms with Crippen molar-refractivity contribution in [3.05, 3.63) is 69.5 Å². The van der Waals surface area contributed by atoms with Crippen molar-refractivity contribution >= 4 is 46.8 Å². The van der Waals surface area contributed by atoms with Gasteiger partial charge in [0, 0.05) is 29.4 Å². The van der Waals surface area contributed by atoms with Crippen LogP contribution in [0.1, 0.15) is 24.5 Å². The van der Waals surface area contributed by atoms with Gasteiger partial charge in [0.2, 0.25) is 11.8 Å². The number of nitrogens with zero attached hydrogens (tertiary/aromatic N) is 1. The number of carbonyl (C=O) groups is 2. The molecule has 0 saturated heterocycles. The average molecular weight is 457 g/mol. The van der Waals surface area contributed by atoms with Gasteiger partial charge < -0.3 is 10.2 Å². The van der Waals surface area contributed by atoms with E-state index in [1.807, 2.05) is 6.92 Å². The summed E-state index contributed by atoms with van der Waals surface area (Å²) in [6.45, 7) is 2.02. The number of amides is 2. The van der Waals surface area contributed by atoms with E-state index in [9.17, 15) is 14.0 Å². The van der Waals surface area contributed by atoms with Gasteiger partial charge in [0.1, 0.15) is 11.9 Å². The molecule has 0 aliphatic heterocycles. The molecule has 0 heterocycles. The van der Waals surface area contributed by atoms with Gasteiger partial charge in [-0.2, -0.15) is 0 Å². The molecule has 0 saturated carbocycles. The second-order valence-electron chi connectivity index (χ2n) is 6.38. The van der Waals surface area contributed by atoms with Crippen LogP contribution < -0.4 is 5.32 Å². The van der Waals surface area contributed by atoms with E-state index in [1.54, 1.807) is 36.4 Å². The quantitative estimate of drug-likeness (QED) is 0.582. The number of benzene rings is 2. The highest BCUT2D eigenvalue weighted by Crippen LogP contribution is 2.24. The molecular weight excluding hydrogens is 434 g/mol. The Kier molecular flexibility index (Phi) is 9.27. The Bertz CT molecular complexity index is 866. The Labute approximate surface area is 184 Å². The van der Waals surface area contributed by atoms with E-state index in [1.165, 1.54) is 29.8 Å². The number of thioether (sulfide) groups is 1. The molecule has 2 aromatic carbocycles.